The van der Waals surface area contributed by atoms with Gasteiger partial charge in [0.25, 0.3) is 0 Å². The third kappa shape index (κ3) is 3.11. The molecule has 0 aliphatic heterocycles. The van der Waals surface area contributed by atoms with Crippen LogP contribution in [0.5, 0.6) is 5.75 Å². The van der Waals surface area contributed by atoms with E-state index in [4.69, 9.17) is 10.2 Å². The van der Waals surface area contributed by atoms with E-state index in [-0.39, 0.29) is 11.4 Å². The number of benzene rings is 1. The highest BCUT2D eigenvalue weighted by atomic mass is 32.2. The van der Waals surface area contributed by atoms with Crippen LogP contribution in [0.1, 0.15) is 0 Å². The van der Waals surface area contributed by atoms with Crippen LogP contribution in [0.4, 0.5) is 5.69 Å². The monoisotopic (exact) mass is 274 g/mol. The quantitative estimate of drug-likeness (QED) is 0.793. The number of hydrogen-bond donors (Lipinski definition) is 2. The first-order chi connectivity index (χ1) is 8.25. The molecule has 0 saturated carbocycles. The van der Waals surface area contributed by atoms with Crippen molar-refractivity contribution in [1.82, 2.24) is 4.31 Å². The van der Waals surface area contributed by atoms with Crippen molar-refractivity contribution in [3.05, 3.63) is 24.3 Å². The number of rotatable bonds is 5. The first-order valence-electron chi connectivity index (χ1n) is 4.96. The lowest BCUT2D eigenvalue weighted by molar-refractivity contribution is -0.135. The number of aliphatic carboxylic acids is 1. The zero-order chi connectivity index (χ0) is 13.9. The van der Waals surface area contributed by atoms with Crippen molar-refractivity contribution in [1.29, 1.82) is 0 Å². The second kappa shape index (κ2) is 5.23. The van der Waals surface area contributed by atoms with Gasteiger partial charge < -0.3 is 10.2 Å². The van der Waals surface area contributed by atoms with E-state index in [2.05, 4.69) is 0 Å². The summed E-state index contributed by atoms with van der Waals surface area (Å²) in [6.07, 6.45) is 0. The van der Waals surface area contributed by atoms with Gasteiger partial charge in [-0.15, -0.1) is 0 Å². The minimum Gasteiger partial charge on any atom is -0.508 e. The minimum absolute atomic E-state index is 0.0312. The summed E-state index contributed by atoms with van der Waals surface area (Å²) in [6.45, 7) is -0.689. The van der Waals surface area contributed by atoms with Crippen molar-refractivity contribution in [2.45, 2.75) is 0 Å². The molecular weight excluding hydrogens is 260 g/mol. The summed E-state index contributed by atoms with van der Waals surface area (Å²) in [4.78, 5) is 10.7. The molecule has 0 atom stereocenters. The minimum atomic E-state index is -3.90. The summed E-state index contributed by atoms with van der Waals surface area (Å²) in [7, 11) is -1.28. The molecule has 0 bridgehead atoms. The molecule has 0 aliphatic rings. The van der Waals surface area contributed by atoms with Crippen LogP contribution in [-0.2, 0) is 15.0 Å². The molecule has 2 N–H and O–H groups in total. The number of phenolic OH excluding ortho intramolecular Hbond substituents is 1. The van der Waals surface area contributed by atoms with Crippen LogP contribution in [0.15, 0.2) is 24.3 Å². The number of aromatic hydroxyl groups is 1. The molecule has 0 saturated heterocycles. The molecule has 8 heteroatoms. The van der Waals surface area contributed by atoms with Gasteiger partial charge in [-0.25, -0.2) is 4.31 Å². The first-order valence-corrected chi connectivity index (χ1v) is 6.36. The number of phenols is 1. The van der Waals surface area contributed by atoms with Gasteiger partial charge in [-0.1, -0.05) is 0 Å². The molecule has 0 aliphatic carbocycles. The third-order valence-corrected chi connectivity index (χ3v) is 3.98. The Bertz CT molecular complexity index is 524. The fraction of sp³-hybridized carbons (Fsp3) is 0.300. The van der Waals surface area contributed by atoms with E-state index in [1.165, 1.54) is 38.4 Å². The molecule has 0 amide bonds. The largest absolute Gasteiger partial charge is 0.508 e. The topological polar surface area (TPSA) is 98.2 Å². The summed E-state index contributed by atoms with van der Waals surface area (Å²) < 4.78 is 25.6. The number of hydrogen-bond acceptors (Lipinski definition) is 4. The van der Waals surface area contributed by atoms with Gasteiger partial charge in [-0.3, -0.25) is 4.79 Å². The Kier molecular flexibility index (Phi) is 4.15. The number of carboxylic acids is 1. The first kappa shape index (κ1) is 14.3. The Morgan fingerprint density at radius 3 is 2.11 bits per heavy atom. The van der Waals surface area contributed by atoms with Gasteiger partial charge >= 0.3 is 16.2 Å². The SMILES string of the molecule is CN(C)S(=O)(=O)N(CC(=O)O)c1ccc(O)cc1. The molecular formula is C10H14N2O5S. The second-order valence-electron chi connectivity index (χ2n) is 3.71. The highest BCUT2D eigenvalue weighted by molar-refractivity contribution is 7.90. The lowest BCUT2D eigenvalue weighted by atomic mass is 10.3. The van der Waals surface area contributed by atoms with Crippen LogP contribution in [0.3, 0.4) is 0 Å². The molecule has 0 unspecified atom stereocenters. The van der Waals surface area contributed by atoms with Crippen LogP contribution < -0.4 is 4.31 Å². The van der Waals surface area contributed by atoms with E-state index in [1.54, 1.807) is 0 Å². The molecule has 0 fully saturated rings. The van der Waals surface area contributed by atoms with Crippen molar-refractivity contribution >= 4 is 21.9 Å². The number of nitrogens with zero attached hydrogens (tertiary/aromatic N) is 2. The summed E-state index contributed by atoms with van der Waals surface area (Å²) in [5.41, 5.74) is 0.170. The number of carboxylic acid groups (broad SMARTS) is 1. The van der Waals surface area contributed by atoms with Gasteiger partial charge in [0.2, 0.25) is 0 Å². The Morgan fingerprint density at radius 1 is 1.22 bits per heavy atom. The van der Waals surface area contributed by atoms with E-state index in [1.807, 2.05) is 0 Å². The van der Waals surface area contributed by atoms with Gasteiger partial charge in [-0.05, 0) is 24.3 Å². The van der Waals surface area contributed by atoms with E-state index in [9.17, 15) is 13.2 Å². The van der Waals surface area contributed by atoms with Gasteiger partial charge in [-0.2, -0.15) is 12.7 Å². The molecule has 0 heterocycles. The molecule has 0 radical (unpaired) electrons. The molecule has 1 aromatic rings. The molecule has 1 aromatic carbocycles. The zero-order valence-corrected chi connectivity index (χ0v) is 10.8. The van der Waals surface area contributed by atoms with E-state index < -0.39 is 22.7 Å². The van der Waals surface area contributed by atoms with Gasteiger partial charge in [0.1, 0.15) is 12.3 Å². The number of carbonyl (C=O) groups is 1. The van der Waals surface area contributed by atoms with Crippen LogP contribution in [0.25, 0.3) is 0 Å². The predicted octanol–water partition coefficient (Wildman–Crippen LogP) is 0.0896. The van der Waals surface area contributed by atoms with E-state index >= 15 is 0 Å². The molecule has 0 aromatic heterocycles. The molecule has 100 valence electrons. The lowest BCUT2D eigenvalue weighted by Crippen LogP contribution is -2.42. The normalized spacial score (nSPS) is 11.5. The van der Waals surface area contributed by atoms with Crippen molar-refractivity contribution in [2.24, 2.45) is 0 Å². The Morgan fingerprint density at radius 2 is 1.72 bits per heavy atom. The van der Waals surface area contributed by atoms with Gasteiger partial charge in [0.05, 0.1) is 5.69 Å². The Balaban J connectivity index is 3.22. The second-order valence-corrected chi connectivity index (χ2v) is 5.77. The van der Waals surface area contributed by atoms with Crippen molar-refractivity contribution in [3.8, 4) is 5.75 Å². The molecule has 0 spiro atoms. The van der Waals surface area contributed by atoms with Crippen molar-refractivity contribution in [3.63, 3.8) is 0 Å². The average molecular weight is 274 g/mol. The summed E-state index contributed by atoms with van der Waals surface area (Å²) in [6, 6.07) is 5.24. The Hall–Kier alpha value is -1.80. The van der Waals surface area contributed by atoms with Crippen molar-refractivity contribution < 1.29 is 23.4 Å². The van der Waals surface area contributed by atoms with E-state index in [0.717, 1.165) is 8.61 Å². The average Bonchev–Trinajstić information content (AvgIpc) is 2.26. The molecule has 1 rings (SSSR count). The van der Waals surface area contributed by atoms with E-state index in [0.29, 0.717) is 0 Å². The highest BCUT2D eigenvalue weighted by Gasteiger charge is 2.26. The third-order valence-electron chi connectivity index (χ3n) is 2.16. The Labute approximate surface area is 105 Å². The van der Waals surface area contributed by atoms with Gasteiger partial charge in [0.15, 0.2) is 0 Å². The zero-order valence-electron chi connectivity index (χ0n) is 9.94. The molecule has 18 heavy (non-hydrogen) atoms. The smallest absolute Gasteiger partial charge is 0.324 e. The maximum atomic E-state index is 12.0. The maximum absolute atomic E-state index is 12.0. The summed E-state index contributed by atoms with van der Waals surface area (Å²) in [5, 5.41) is 17.9. The fourth-order valence-corrected chi connectivity index (χ4v) is 2.30. The standard InChI is InChI=1S/C10H14N2O5S/c1-11(2)18(16,17)12(7-10(14)15)8-3-5-9(13)6-4-8/h3-6,13H,7H2,1-2H3,(H,14,15). The highest BCUT2D eigenvalue weighted by Crippen LogP contribution is 2.21. The van der Waals surface area contributed by atoms with Crippen LogP contribution in [0.2, 0.25) is 0 Å². The van der Waals surface area contributed by atoms with Crippen LogP contribution >= 0.6 is 0 Å². The molecule has 7 nitrogen and oxygen atoms in total. The summed E-state index contributed by atoms with van der Waals surface area (Å²) >= 11 is 0. The maximum Gasteiger partial charge on any atom is 0.324 e. The van der Waals surface area contributed by atoms with Crippen molar-refractivity contribution in [2.75, 3.05) is 24.9 Å². The van der Waals surface area contributed by atoms with Crippen LogP contribution in [0, 0.1) is 0 Å². The fourth-order valence-electron chi connectivity index (χ4n) is 1.24. The summed E-state index contributed by atoms with van der Waals surface area (Å²) in [5.74, 6) is -1.30. The van der Waals surface area contributed by atoms with Crippen LogP contribution in [-0.4, -0.2) is 49.5 Å². The number of anilines is 1. The lowest BCUT2D eigenvalue weighted by Gasteiger charge is -2.25. The van der Waals surface area contributed by atoms with Gasteiger partial charge in [0, 0.05) is 14.1 Å². The predicted molar refractivity (Wildman–Crippen MR) is 65.7 cm³/mol.